The van der Waals surface area contributed by atoms with Crippen LogP contribution in [-0.4, -0.2) is 30.1 Å². The summed E-state index contributed by atoms with van der Waals surface area (Å²) < 4.78 is 6.49. The molecule has 3 aromatic rings. The van der Waals surface area contributed by atoms with Gasteiger partial charge in [0.2, 0.25) is 5.88 Å². The van der Waals surface area contributed by atoms with Crippen LogP contribution in [0.5, 0.6) is 11.6 Å². The number of aliphatic hydroxyl groups is 1. The topological polar surface area (TPSA) is 143 Å². The van der Waals surface area contributed by atoms with Crippen molar-refractivity contribution in [1.82, 2.24) is 25.0 Å². The van der Waals surface area contributed by atoms with E-state index >= 15 is 0 Å². The standard InChI is InChI=1S/C17H13Cl2N5O5/c18-10-3-8(24-17(28)20-16(27)12(6-25)23-24)4-11(19)14(10)29-13-5-9(7-1-2-7)15(26)22-21-13/h3-5,7,25H,1-2,6H2,(H,22,26)(H,20,27,28). The van der Waals surface area contributed by atoms with Crippen molar-refractivity contribution in [3.05, 3.63) is 70.7 Å². The SMILES string of the molecule is O=c1[nH]nc(Oc2c(Cl)cc(-n3nc(CO)c(=O)[nH]c3=O)cc2Cl)cc1C1CC1. The van der Waals surface area contributed by atoms with E-state index in [9.17, 15) is 19.5 Å². The van der Waals surface area contributed by atoms with Crippen LogP contribution >= 0.6 is 23.2 Å². The molecule has 0 radical (unpaired) electrons. The molecular formula is C17H13Cl2N5O5. The fourth-order valence-electron chi connectivity index (χ4n) is 2.73. The molecule has 4 rings (SSSR count). The average Bonchev–Trinajstić information content (AvgIpc) is 3.51. The molecule has 1 aliphatic carbocycles. The first kappa shape index (κ1) is 19.4. The molecule has 12 heteroatoms. The molecule has 3 N–H and O–H groups in total. The first-order valence-electron chi connectivity index (χ1n) is 8.47. The summed E-state index contributed by atoms with van der Waals surface area (Å²) in [7, 11) is 0. The van der Waals surface area contributed by atoms with Crippen LogP contribution in [0.4, 0.5) is 0 Å². The van der Waals surface area contributed by atoms with Gasteiger partial charge < -0.3 is 9.84 Å². The maximum atomic E-state index is 12.0. The Morgan fingerprint density at radius 1 is 1.14 bits per heavy atom. The minimum absolute atomic E-state index is 0.0407. The summed E-state index contributed by atoms with van der Waals surface area (Å²) >= 11 is 12.5. The van der Waals surface area contributed by atoms with Crippen LogP contribution in [0.25, 0.3) is 5.69 Å². The van der Waals surface area contributed by atoms with Crippen molar-refractivity contribution in [2.45, 2.75) is 25.4 Å². The minimum atomic E-state index is -0.829. The third-order valence-electron chi connectivity index (χ3n) is 4.31. The van der Waals surface area contributed by atoms with Gasteiger partial charge in [-0.2, -0.15) is 9.78 Å². The van der Waals surface area contributed by atoms with Gasteiger partial charge >= 0.3 is 5.69 Å². The predicted molar refractivity (Wildman–Crippen MR) is 103 cm³/mol. The third kappa shape index (κ3) is 3.82. The van der Waals surface area contributed by atoms with Crippen LogP contribution < -0.4 is 21.5 Å². The van der Waals surface area contributed by atoms with Gasteiger partial charge in [-0.1, -0.05) is 23.2 Å². The lowest BCUT2D eigenvalue weighted by molar-refractivity contribution is 0.271. The van der Waals surface area contributed by atoms with Gasteiger partial charge in [-0.25, -0.2) is 9.89 Å². The molecule has 0 atom stereocenters. The molecule has 150 valence electrons. The zero-order chi connectivity index (χ0) is 20.7. The molecule has 1 aliphatic rings. The first-order valence-corrected chi connectivity index (χ1v) is 9.23. The van der Waals surface area contributed by atoms with E-state index in [-0.39, 0.29) is 44.5 Å². The van der Waals surface area contributed by atoms with Crippen molar-refractivity contribution < 1.29 is 9.84 Å². The Labute approximate surface area is 171 Å². The van der Waals surface area contributed by atoms with E-state index in [1.54, 1.807) is 6.07 Å². The summed E-state index contributed by atoms with van der Waals surface area (Å²) in [6.07, 6.45) is 1.86. The average molecular weight is 438 g/mol. The van der Waals surface area contributed by atoms with Crippen molar-refractivity contribution in [2.75, 3.05) is 0 Å². The molecule has 1 saturated carbocycles. The molecule has 2 aromatic heterocycles. The quantitative estimate of drug-likeness (QED) is 0.548. The van der Waals surface area contributed by atoms with Crippen molar-refractivity contribution in [1.29, 1.82) is 0 Å². The molecule has 2 heterocycles. The second kappa shape index (κ2) is 7.47. The number of rotatable bonds is 5. The van der Waals surface area contributed by atoms with Crippen LogP contribution in [-0.2, 0) is 6.61 Å². The molecule has 0 unspecified atom stereocenters. The van der Waals surface area contributed by atoms with Crippen LogP contribution in [0.3, 0.4) is 0 Å². The molecule has 10 nitrogen and oxygen atoms in total. The van der Waals surface area contributed by atoms with Crippen molar-refractivity contribution in [3.8, 4) is 17.3 Å². The molecule has 1 aromatic carbocycles. The van der Waals surface area contributed by atoms with Crippen LogP contribution in [0.2, 0.25) is 10.0 Å². The van der Waals surface area contributed by atoms with Gasteiger partial charge in [-0.15, -0.1) is 5.10 Å². The highest BCUT2D eigenvalue weighted by Gasteiger charge is 2.27. The van der Waals surface area contributed by atoms with Gasteiger partial charge in [0.05, 0.1) is 22.3 Å². The van der Waals surface area contributed by atoms with E-state index in [1.807, 2.05) is 4.98 Å². The Morgan fingerprint density at radius 3 is 2.45 bits per heavy atom. The Morgan fingerprint density at radius 2 is 1.83 bits per heavy atom. The van der Waals surface area contributed by atoms with Gasteiger partial charge in [-0.05, 0) is 30.9 Å². The largest absolute Gasteiger partial charge is 0.434 e. The summed E-state index contributed by atoms with van der Waals surface area (Å²) in [6, 6.07) is 4.24. The highest BCUT2D eigenvalue weighted by molar-refractivity contribution is 6.37. The normalized spacial score (nSPS) is 13.5. The highest BCUT2D eigenvalue weighted by Crippen LogP contribution is 2.41. The predicted octanol–water partition coefficient (Wildman–Crippen LogP) is 1.47. The van der Waals surface area contributed by atoms with Crippen LogP contribution in [0.1, 0.15) is 30.0 Å². The minimum Gasteiger partial charge on any atom is -0.434 e. The van der Waals surface area contributed by atoms with Crippen molar-refractivity contribution in [2.24, 2.45) is 0 Å². The number of H-pyrrole nitrogens is 2. The Bertz CT molecular complexity index is 1260. The number of hydrogen-bond donors (Lipinski definition) is 3. The van der Waals surface area contributed by atoms with Gasteiger partial charge in [-0.3, -0.25) is 14.6 Å². The summed E-state index contributed by atoms with van der Waals surface area (Å²) in [5.41, 5.74) is -1.40. The summed E-state index contributed by atoms with van der Waals surface area (Å²) in [4.78, 5) is 37.5. The van der Waals surface area contributed by atoms with Gasteiger partial charge in [0.15, 0.2) is 11.4 Å². The Balaban J connectivity index is 1.72. The first-order chi connectivity index (χ1) is 13.9. The lowest BCUT2D eigenvalue weighted by atomic mass is 10.2. The third-order valence-corrected chi connectivity index (χ3v) is 4.87. The fourth-order valence-corrected chi connectivity index (χ4v) is 3.29. The smallest absolute Gasteiger partial charge is 0.349 e. The summed E-state index contributed by atoms with van der Waals surface area (Å²) in [5, 5.41) is 19.3. The number of nitrogens with one attached hydrogen (secondary N) is 2. The van der Waals surface area contributed by atoms with Crippen LogP contribution in [0, 0.1) is 0 Å². The number of benzene rings is 1. The molecule has 0 spiro atoms. The van der Waals surface area contributed by atoms with E-state index in [1.165, 1.54) is 12.1 Å². The number of halogens is 2. The van der Waals surface area contributed by atoms with E-state index < -0.39 is 17.9 Å². The highest BCUT2D eigenvalue weighted by atomic mass is 35.5. The maximum absolute atomic E-state index is 12.0. The van der Waals surface area contributed by atoms with Gasteiger partial charge in [0, 0.05) is 11.6 Å². The molecule has 29 heavy (non-hydrogen) atoms. The zero-order valence-corrected chi connectivity index (χ0v) is 16.1. The second-order valence-electron chi connectivity index (χ2n) is 6.38. The molecule has 0 bridgehead atoms. The van der Waals surface area contributed by atoms with Gasteiger partial charge in [0.25, 0.3) is 11.1 Å². The van der Waals surface area contributed by atoms with Gasteiger partial charge in [0.1, 0.15) is 0 Å². The van der Waals surface area contributed by atoms with Crippen molar-refractivity contribution >= 4 is 23.2 Å². The lowest BCUT2D eigenvalue weighted by Crippen LogP contribution is -2.34. The number of ether oxygens (including phenoxy) is 1. The number of aliphatic hydroxyl groups excluding tert-OH is 1. The number of aromatic nitrogens is 5. The molecule has 0 saturated heterocycles. The van der Waals surface area contributed by atoms with E-state index in [4.69, 9.17) is 27.9 Å². The lowest BCUT2D eigenvalue weighted by Gasteiger charge is -2.12. The number of hydrogen-bond acceptors (Lipinski definition) is 7. The maximum Gasteiger partial charge on any atom is 0.349 e. The summed E-state index contributed by atoms with van der Waals surface area (Å²) in [6.45, 7) is -0.653. The molecule has 0 aliphatic heterocycles. The fraction of sp³-hybridized carbons (Fsp3) is 0.235. The number of aromatic amines is 2. The monoisotopic (exact) mass is 437 g/mol. The molecule has 1 fully saturated rings. The molecular weight excluding hydrogens is 425 g/mol. The Kier molecular flexibility index (Phi) is 4.99. The van der Waals surface area contributed by atoms with Crippen molar-refractivity contribution in [3.63, 3.8) is 0 Å². The second-order valence-corrected chi connectivity index (χ2v) is 7.20. The number of nitrogens with zero attached hydrogens (tertiary/aromatic N) is 3. The molecule has 0 amide bonds. The summed E-state index contributed by atoms with van der Waals surface area (Å²) in [5.74, 6) is 0.375. The van der Waals surface area contributed by atoms with E-state index in [0.717, 1.165) is 17.5 Å². The van der Waals surface area contributed by atoms with E-state index in [2.05, 4.69) is 15.3 Å². The van der Waals surface area contributed by atoms with E-state index in [0.29, 0.717) is 5.56 Å². The Hall–Kier alpha value is -2.95. The van der Waals surface area contributed by atoms with Crippen LogP contribution in [0.15, 0.2) is 32.6 Å². The zero-order valence-electron chi connectivity index (χ0n) is 14.6.